The number of rotatable bonds is 5. The van der Waals surface area contributed by atoms with Gasteiger partial charge in [-0.1, -0.05) is 0 Å². The third-order valence-electron chi connectivity index (χ3n) is 4.31. The highest BCUT2D eigenvalue weighted by atomic mass is 32.1. The van der Waals surface area contributed by atoms with Crippen LogP contribution in [0.2, 0.25) is 0 Å². The molecule has 1 atom stereocenters. The Morgan fingerprint density at radius 1 is 1.24 bits per heavy atom. The lowest BCUT2D eigenvalue weighted by atomic mass is 10.1. The minimum Gasteiger partial charge on any atom is -0.505 e. The fourth-order valence-corrected chi connectivity index (χ4v) is 3.82. The van der Waals surface area contributed by atoms with E-state index in [9.17, 15) is 15.0 Å². The van der Waals surface area contributed by atoms with Crippen LogP contribution in [-0.4, -0.2) is 38.7 Å². The van der Waals surface area contributed by atoms with Crippen molar-refractivity contribution < 1.29 is 19.7 Å². The van der Waals surface area contributed by atoms with E-state index in [1.807, 2.05) is 25.1 Å². The molecule has 0 fully saturated rings. The van der Waals surface area contributed by atoms with Crippen LogP contribution in [0.15, 0.2) is 42.6 Å². The van der Waals surface area contributed by atoms with Gasteiger partial charge in [0.05, 0.1) is 21.3 Å². The fourth-order valence-electron chi connectivity index (χ4n) is 2.96. The highest BCUT2D eigenvalue weighted by molar-refractivity contribution is 7.18. The van der Waals surface area contributed by atoms with E-state index in [0.717, 1.165) is 15.2 Å². The number of aliphatic hydroxyl groups excluding tert-OH is 1. The van der Waals surface area contributed by atoms with Crippen LogP contribution in [-0.2, 0) is 0 Å². The van der Waals surface area contributed by atoms with Crippen LogP contribution < -0.4 is 10.1 Å². The zero-order valence-electron chi connectivity index (χ0n) is 15.8. The van der Waals surface area contributed by atoms with Gasteiger partial charge in [-0.3, -0.25) is 4.79 Å². The molecule has 2 aromatic carbocycles. The number of nitrogens with zero attached hydrogens (tertiary/aromatic N) is 2. The number of hydrogen-bond acceptors (Lipinski definition) is 7. The summed E-state index contributed by atoms with van der Waals surface area (Å²) in [5, 5.41) is 24.4. The predicted molar refractivity (Wildman–Crippen MR) is 112 cm³/mol. The van der Waals surface area contributed by atoms with Crippen molar-refractivity contribution in [3.63, 3.8) is 0 Å². The van der Waals surface area contributed by atoms with Crippen molar-refractivity contribution in [3.05, 3.63) is 53.3 Å². The standard InChI is InChI=1S/C21H19N3O4S/c1-11(25)9-23-21(27)19-20(26)16-5-3-14(7-13(16)10-22-19)28-15-4-6-17-18(8-15)29-12(2)24-17/h3-8,10-11,25-26H,9H2,1-2H3,(H,23,27). The smallest absolute Gasteiger partial charge is 0.273 e. The van der Waals surface area contributed by atoms with Gasteiger partial charge in [0.25, 0.3) is 5.91 Å². The Morgan fingerprint density at radius 2 is 2.00 bits per heavy atom. The lowest BCUT2D eigenvalue weighted by molar-refractivity contribution is 0.0916. The van der Waals surface area contributed by atoms with Crippen LogP contribution in [0.1, 0.15) is 22.4 Å². The maximum atomic E-state index is 12.2. The number of aromatic hydroxyl groups is 1. The van der Waals surface area contributed by atoms with Gasteiger partial charge in [0.1, 0.15) is 11.5 Å². The van der Waals surface area contributed by atoms with Crippen LogP contribution in [0.3, 0.4) is 0 Å². The van der Waals surface area contributed by atoms with Crippen molar-refractivity contribution in [2.24, 2.45) is 0 Å². The molecule has 4 rings (SSSR count). The number of nitrogens with one attached hydrogen (secondary N) is 1. The highest BCUT2D eigenvalue weighted by Gasteiger charge is 2.16. The largest absolute Gasteiger partial charge is 0.505 e. The molecule has 29 heavy (non-hydrogen) atoms. The second-order valence-corrected chi connectivity index (χ2v) is 7.96. The number of amides is 1. The Balaban J connectivity index is 1.60. The van der Waals surface area contributed by atoms with Gasteiger partial charge in [0, 0.05) is 29.6 Å². The van der Waals surface area contributed by atoms with Crippen molar-refractivity contribution >= 4 is 38.2 Å². The van der Waals surface area contributed by atoms with Crippen molar-refractivity contribution in [2.75, 3.05) is 6.54 Å². The van der Waals surface area contributed by atoms with Crippen LogP contribution >= 0.6 is 11.3 Å². The molecular weight excluding hydrogens is 390 g/mol. The molecule has 0 aliphatic heterocycles. The first-order valence-electron chi connectivity index (χ1n) is 9.04. The second kappa shape index (κ2) is 7.65. The van der Waals surface area contributed by atoms with E-state index in [0.29, 0.717) is 22.3 Å². The van der Waals surface area contributed by atoms with Crippen LogP contribution in [0.5, 0.6) is 17.2 Å². The van der Waals surface area contributed by atoms with Gasteiger partial charge < -0.3 is 20.3 Å². The molecule has 0 spiro atoms. The molecule has 7 nitrogen and oxygen atoms in total. The molecule has 0 saturated heterocycles. The first-order valence-corrected chi connectivity index (χ1v) is 9.85. The Morgan fingerprint density at radius 3 is 2.79 bits per heavy atom. The van der Waals surface area contributed by atoms with E-state index in [4.69, 9.17) is 4.74 Å². The second-order valence-electron chi connectivity index (χ2n) is 6.73. The fraction of sp³-hybridized carbons (Fsp3) is 0.190. The molecule has 0 aliphatic rings. The number of aromatic nitrogens is 2. The summed E-state index contributed by atoms with van der Waals surface area (Å²) in [6.45, 7) is 3.60. The number of ether oxygens (including phenoxy) is 1. The van der Waals surface area contributed by atoms with Gasteiger partial charge in [0.2, 0.25) is 0 Å². The Kier molecular flexibility index (Phi) is 5.04. The molecule has 4 aromatic rings. The summed E-state index contributed by atoms with van der Waals surface area (Å²) < 4.78 is 7.00. The van der Waals surface area contributed by atoms with Gasteiger partial charge >= 0.3 is 0 Å². The molecule has 0 bridgehead atoms. The summed E-state index contributed by atoms with van der Waals surface area (Å²) in [4.78, 5) is 20.7. The monoisotopic (exact) mass is 409 g/mol. The van der Waals surface area contributed by atoms with E-state index < -0.39 is 12.0 Å². The normalized spacial score (nSPS) is 12.2. The van der Waals surface area contributed by atoms with Gasteiger partial charge in [-0.2, -0.15) is 0 Å². The maximum absolute atomic E-state index is 12.2. The number of hydrogen-bond donors (Lipinski definition) is 3. The first kappa shape index (κ1) is 19.1. The summed E-state index contributed by atoms with van der Waals surface area (Å²) in [5.41, 5.74) is 0.853. The number of carbonyl (C=O) groups is 1. The summed E-state index contributed by atoms with van der Waals surface area (Å²) in [6, 6.07) is 10.9. The van der Waals surface area contributed by atoms with Crippen molar-refractivity contribution in [1.29, 1.82) is 0 Å². The van der Waals surface area contributed by atoms with Crippen molar-refractivity contribution in [1.82, 2.24) is 15.3 Å². The maximum Gasteiger partial charge on any atom is 0.273 e. The summed E-state index contributed by atoms with van der Waals surface area (Å²) in [5.74, 6) is 0.523. The molecule has 1 amide bonds. The minimum absolute atomic E-state index is 0.0778. The average molecular weight is 409 g/mol. The molecular formula is C21H19N3O4S. The lowest BCUT2D eigenvalue weighted by Gasteiger charge is -2.11. The number of carbonyl (C=O) groups excluding carboxylic acids is 1. The minimum atomic E-state index is -0.686. The molecule has 148 valence electrons. The number of thiazole rings is 1. The molecule has 0 radical (unpaired) electrons. The van der Waals surface area contributed by atoms with Gasteiger partial charge in [0.15, 0.2) is 11.4 Å². The number of benzene rings is 2. The number of aliphatic hydroxyl groups is 1. The summed E-state index contributed by atoms with van der Waals surface area (Å²) >= 11 is 1.60. The molecule has 8 heteroatoms. The van der Waals surface area contributed by atoms with E-state index in [1.165, 1.54) is 6.20 Å². The lowest BCUT2D eigenvalue weighted by Crippen LogP contribution is -2.31. The van der Waals surface area contributed by atoms with Gasteiger partial charge in [-0.15, -0.1) is 11.3 Å². The molecule has 3 N–H and O–H groups in total. The van der Waals surface area contributed by atoms with Gasteiger partial charge in [-0.05, 0) is 44.2 Å². The van der Waals surface area contributed by atoms with E-state index >= 15 is 0 Å². The Bertz CT molecular complexity index is 1220. The first-order chi connectivity index (χ1) is 13.9. The molecule has 0 saturated carbocycles. The number of fused-ring (bicyclic) bond motifs is 2. The summed E-state index contributed by atoms with van der Waals surface area (Å²) in [7, 11) is 0. The highest BCUT2D eigenvalue weighted by Crippen LogP contribution is 2.33. The van der Waals surface area contributed by atoms with E-state index in [2.05, 4.69) is 15.3 Å². The van der Waals surface area contributed by atoms with Crippen molar-refractivity contribution in [3.8, 4) is 17.2 Å². The zero-order valence-corrected chi connectivity index (χ0v) is 16.7. The Labute approximate surface area is 170 Å². The summed E-state index contributed by atoms with van der Waals surface area (Å²) in [6.07, 6.45) is 0.823. The van der Waals surface area contributed by atoms with Gasteiger partial charge in [-0.25, -0.2) is 9.97 Å². The Hall–Kier alpha value is -3.23. The number of aryl methyl sites for hydroxylation is 1. The molecule has 0 aliphatic carbocycles. The SMILES string of the molecule is Cc1nc2ccc(Oc3ccc4c(O)c(C(=O)NCC(C)O)ncc4c3)cc2s1. The van der Waals surface area contributed by atoms with Crippen LogP contribution in [0.4, 0.5) is 0 Å². The van der Waals surface area contributed by atoms with Crippen LogP contribution in [0.25, 0.3) is 21.0 Å². The predicted octanol–water partition coefficient (Wildman–Crippen LogP) is 3.76. The average Bonchev–Trinajstić information content (AvgIpc) is 3.05. The third-order valence-corrected chi connectivity index (χ3v) is 5.24. The van der Waals surface area contributed by atoms with Crippen molar-refractivity contribution in [2.45, 2.75) is 20.0 Å². The molecule has 2 heterocycles. The van der Waals surface area contributed by atoms with E-state index in [-0.39, 0.29) is 18.0 Å². The quantitative estimate of drug-likeness (QED) is 0.464. The molecule has 1 unspecified atom stereocenters. The number of pyridine rings is 1. The van der Waals surface area contributed by atoms with Crippen LogP contribution in [0, 0.1) is 6.92 Å². The van der Waals surface area contributed by atoms with E-state index in [1.54, 1.807) is 36.5 Å². The third kappa shape index (κ3) is 3.98. The topological polar surface area (TPSA) is 105 Å². The molecule has 2 aromatic heterocycles. The zero-order chi connectivity index (χ0) is 20.5.